The number of Topliss-reactive ketones (excluding diaryl/α,β-unsaturated/α-hetero) is 1. The number of carbonyl (C=O) groups is 6. The molecule has 0 atom stereocenters. The van der Waals surface area contributed by atoms with Gasteiger partial charge in [0.25, 0.3) is 0 Å². The molecule has 0 unspecified atom stereocenters. The summed E-state index contributed by atoms with van der Waals surface area (Å²) in [6.07, 6.45) is 4.47. The van der Waals surface area contributed by atoms with Crippen LogP contribution in [0.25, 0.3) is 0 Å². The fourth-order valence-corrected chi connectivity index (χ4v) is 5.59. The number of ether oxygens (including phenoxy) is 4. The Kier molecular flexibility index (Phi) is 17.4. The van der Waals surface area contributed by atoms with Crippen LogP contribution >= 0.6 is 0 Å². The minimum atomic E-state index is -4.09. The summed E-state index contributed by atoms with van der Waals surface area (Å²) in [6.45, 7) is 16.4. The maximum Gasteiger partial charge on any atom is 0.330 e. The van der Waals surface area contributed by atoms with E-state index >= 15 is 0 Å². The van der Waals surface area contributed by atoms with Crippen molar-refractivity contribution in [1.29, 1.82) is 0 Å². The minimum Gasteiger partial charge on any atom is -0.463 e. The van der Waals surface area contributed by atoms with Gasteiger partial charge in [-0.3, -0.25) is 4.79 Å². The van der Waals surface area contributed by atoms with E-state index in [9.17, 15) is 37.2 Å². The van der Waals surface area contributed by atoms with Gasteiger partial charge in [-0.1, -0.05) is 33.2 Å². The summed E-state index contributed by atoms with van der Waals surface area (Å²) >= 11 is 0. The number of nitrogens with one attached hydrogen (secondary N) is 2. The summed E-state index contributed by atoms with van der Waals surface area (Å²) < 4.78 is 46.3. The number of esters is 4. The monoisotopic (exact) mass is 704 g/mol. The first-order valence-corrected chi connectivity index (χ1v) is 16.8. The molecule has 0 fully saturated rings. The molecule has 0 aromatic heterocycles. The standard InChI is InChI=1S/C34H44N2O12S/c1-7-28(38)45-19-15-33(5,16-20-46-29(39)8-2)23-26(37)24-49(43,44)27-13-11-25(12-14-27)35-32(42)36-34(6,17-21-47-30(40)9-3)18-22-48-31(41)10-4/h7-14H,1-4,15-24H2,5-6H3,(H2,35,36,42). The van der Waals surface area contributed by atoms with Crippen molar-refractivity contribution in [3.8, 4) is 0 Å². The quantitative estimate of drug-likeness (QED) is 0.0951. The minimum absolute atomic E-state index is 0.0625. The molecule has 0 aliphatic carbocycles. The van der Waals surface area contributed by atoms with Crippen LogP contribution in [-0.2, 0) is 52.8 Å². The van der Waals surface area contributed by atoms with Gasteiger partial charge in [-0.2, -0.15) is 0 Å². The zero-order valence-corrected chi connectivity index (χ0v) is 28.6. The summed E-state index contributed by atoms with van der Waals surface area (Å²) in [5, 5.41) is 5.34. The number of sulfone groups is 1. The van der Waals surface area contributed by atoms with E-state index in [0.29, 0.717) is 0 Å². The summed E-state index contributed by atoms with van der Waals surface area (Å²) in [5.41, 5.74) is -1.63. The van der Waals surface area contributed by atoms with Crippen molar-refractivity contribution >= 4 is 51.2 Å². The molecule has 1 aromatic rings. The molecule has 49 heavy (non-hydrogen) atoms. The lowest BCUT2D eigenvalue weighted by Crippen LogP contribution is -2.49. The molecule has 2 amide bonds. The van der Waals surface area contributed by atoms with E-state index in [4.69, 9.17) is 18.9 Å². The van der Waals surface area contributed by atoms with Gasteiger partial charge in [0.1, 0.15) is 11.5 Å². The number of anilines is 1. The maximum atomic E-state index is 13.1. The van der Waals surface area contributed by atoms with Gasteiger partial charge in [-0.25, -0.2) is 32.4 Å². The van der Waals surface area contributed by atoms with Crippen LogP contribution in [0.4, 0.5) is 10.5 Å². The molecule has 0 heterocycles. The molecule has 0 saturated carbocycles. The molecule has 0 bridgehead atoms. The number of benzene rings is 1. The highest BCUT2D eigenvalue weighted by molar-refractivity contribution is 7.92. The van der Waals surface area contributed by atoms with Crippen molar-refractivity contribution in [3.63, 3.8) is 0 Å². The molecule has 0 aliphatic heterocycles. The Bertz CT molecular complexity index is 1450. The van der Waals surface area contributed by atoms with E-state index in [1.165, 1.54) is 24.3 Å². The van der Waals surface area contributed by atoms with Gasteiger partial charge in [-0.05, 0) is 49.4 Å². The Morgan fingerprint density at radius 2 is 1.06 bits per heavy atom. The zero-order valence-electron chi connectivity index (χ0n) is 27.8. The van der Waals surface area contributed by atoms with Crippen molar-refractivity contribution in [2.75, 3.05) is 37.5 Å². The van der Waals surface area contributed by atoms with Gasteiger partial charge in [0.2, 0.25) is 0 Å². The van der Waals surface area contributed by atoms with Crippen LogP contribution in [0.3, 0.4) is 0 Å². The molecule has 1 rings (SSSR count). The molecule has 2 N–H and O–H groups in total. The average Bonchev–Trinajstić information content (AvgIpc) is 3.03. The first-order valence-electron chi connectivity index (χ1n) is 15.1. The first kappa shape index (κ1) is 42.0. The summed E-state index contributed by atoms with van der Waals surface area (Å²) in [7, 11) is -4.09. The number of ketones is 1. The summed E-state index contributed by atoms with van der Waals surface area (Å²) in [4.78, 5) is 71.5. The number of hydrogen-bond acceptors (Lipinski definition) is 12. The van der Waals surface area contributed by atoms with E-state index in [0.717, 1.165) is 24.3 Å². The van der Waals surface area contributed by atoms with Gasteiger partial charge in [0.15, 0.2) is 9.84 Å². The van der Waals surface area contributed by atoms with Crippen molar-refractivity contribution in [2.24, 2.45) is 5.41 Å². The predicted octanol–water partition coefficient (Wildman–Crippen LogP) is 3.78. The van der Waals surface area contributed by atoms with Crippen molar-refractivity contribution in [1.82, 2.24) is 5.32 Å². The van der Waals surface area contributed by atoms with E-state index in [2.05, 4.69) is 36.9 Å². The van der Waals surface area contributed by atoms with E-state index in [-0.39, 0.29) is 69.1 Å². The van der Waals surface area contributed by atoms with Gasteiger partial charge < -0.3 is 29.6 Å². The molecule has 268 valence electrons. The summed E-state index contributed by atoms with van der Waals surface area (Å²) in [6, 6.07) is 4.50. The molecule has 1 aromatic carbocycles. The van der Waals surface area contributed by atoms with Crippen LogP contribution < -0.4 is 10.6 Å². The van der Waals surface area contributed by atoms with Crippen LogP contribution in [0.2, 0.25) is 0 Å². The van der Waals surface area contributed by atoms with Gasteiger partial charge in [-0.15, -0.1) is 0 Å². The van der Waals surface area contributed by atoms with E-state index < -0.39 is 62.2 Å². The molecule has 0 saturated heterocycles. The van der Waals surface area contributed by atoms with E-state index in [1.54, 1.807) is 13.8 Å². The normalized spacial score (nSPS) is 11.2. The second-order valence-electron chi connectivity index (χ2n) is 11.4. The van der Waals surface area contributed by atoms with Crippen molar-refractivity contribution in [3.05, 3.63) is 74.9 Å². The number of rotatable bonds is 23. The molecule has 14 nitrogen and oxygen atoms in total. The summed E-state index contributed by atoms with van der Waals surface area (Å²) in [5.74, 6) is -4.03. The Morgan fingerprint density at radius 3 is 1.45 bits per heavy atom. The average molecular weight is 705 g/mol. The first-order chi connectivity index (χ1) is 23.0. The number of hydrogen-bond donors (Lipinski definition) is 2. The highest BCUT2D eigenvalue weighted by Crippen LogP contribution is 2.32. The number of urea groups is 1. The van der Waals surface area contributed by atoms with E-state index in [1.807, 2.05) is 0 Å². The molecule has 0 spiro atoms. The molecular weight excluding hydrogens is 660 g/mol. The molecule has 0 radical (unpaired) electrons. The van der Waals surface area contributed by atoms with Crippen molar-refractivity contribution in [2.45, 2.75) is 56.4 Å². The third-order valence-corrected chi connectivity index (χ3v) is 8.92. The van der Waals surface area contributed by atoms with Gasteiger partial charge in [0.05, 0.1) is 31.3 Å². The third kappa shape index (κ3) is 16.6. The lowest BCUT2D eigenvalue weighted by atomic mass is 9.79. The molecule has 15 heteroatoms. The smallest absolute Gasteiger partial charge is 0.330 e. The van der Waals surface area contributed by atoms with Gasteiger partial charge >= 0.3 is 29.9 Å². The maximum absolute atomic E-state index is 13.1. The fraction of sp³-hybridized carbons (Fsp3) is 0.412. The number of amides is 2. The zero-order chi connectivity index (χ0) is 37.1. The molecule has 0 aliphatic rings. The largest absolute Gasteiger partial charge is 0.463 e. The van der Waals surface area contributed by atoms with Crippen LogP contribution in [0.5, 0.6) is 0 Å². The van der Waals surface area contributed by atoms with Crippen LogP contribution in [0.15, 0.2) is 79.8 Å². The highest BCUT2D eigenvalue weighted by atomic mass is 32.2. The topological polar surface area (TPSA) is 198 Å². The SMILES string of the molecule is C=CC(=O)OCCC(C)(CCOC(=O)C=C)CC(=O)CS(=O)(=O)c1ccc(NC(=O)NC(C)(CCOC(=O)C=C)CCOC(=O)C=C)cc1. The Labute approximate surface area is 286 Å². The van der Waals surface area contributed by atoms with Crippen LogP contribution in [0.1, 0.15) is 46.0 Å². The Morgan fingerprint density at radius 1 is 0.673 bits per heavy atom. The molecular formula is C34H44N2O12S. The third-order valence-electron chi connectivity index (χ3n) is 7.22. The second-order valence-corrected chi connectivity index (χ2v) is 13.4. The fourth-order valence-electron chi connectivity index (χ4n) is 4.34. The van der Waals surface area contributed by atoms with Crippen LogP contribution in [0, 0.1) is 5.41 Å². The van der Waals surface area contributed by atoms with Crippen molar-refractivity contribution < 1.29 is 56.1 Å². The van der Waals surface area contributed by atoms with Gasteiger partial charge in [0, 0.05) is 54.8 Å². The second kappa shape index (κ2) is 20.3. The predicted molar refractivity (Wildman–Crippen MR) is 180 cm³/mol. The lowest BCUT2D eigenvalue weighted by Gasteiger charge is -2.30. The van der Waals surface area contributed by atoms with Crippen LogP contribution in [-0.4, -0.2) is 81.8 Å². The lowest BCUT2D eigenvalue weighted by molar-refractivity contribution is -0.140. The number of carbonyl (C=O) groups excluding carboxylic acids is 6. The Balaban J connectivity index is 2.93. The Hall–Kier alpha value is -5.05. The highest BCUT2D eigenvalue weighted by Gasteiger charge is 2.31.